The molecule has 2 rings (SSSR count). The maximum absolute atomic E-state index is 12.2. The van der Waals surface area contributed by atoms with Gasteiger partial charge >= 0.3 is 0 Å². The molecule has 4 nitrogen and oxygen atoms in total. The molecule has 1 heterocycles. The Morgan fingerprint density at radius 3 is 2.95 bits per heavy atom. The number of hydrogen-bond acceptors (Lipinski definition) is 3. The van der Waals surface area contributed by atoms with Crippen LogP contribution in [0.2, 0.25) is 0 Å². The number of benzene rings is 1. The number of amides is 1. The van der Waals surface area contributed by atoms with Gasteiger partial charge in [-0.1, -0.05) is 13.8 Å². The third-order valence-corrected chi connectivity index (χ3v) is 4.01. The first kappa shape index (κ1) is 15.8. The first-order valence-corrected chi connectivity index (χ1v) is 8.12. The third-order valence-electron chi connectivity index (χ3n) is 4.01. The van der Waals surface area contributed by atoms with Gasteiger partial charge in [0.25, 0.3) is 5.91 Å². The Hall–Kier alpha value is -1.55. The normalized spacial score (nSPS) is 13.7. The zero-order chi connectivity index (χ0) is 15.1. The molecule has 1 aromatic carbocycles. The molecule has 2 N–H and O–H groups in total. The summed E-state index contributed by atoms with van der Waals surface area (Å²) in [5, 5.41) is 6.40. The maximum Gasteiger partial charge on any atom is 0.251 e. The molecule has 1 aliphatic heterocycles. The summed E-state index contributed by atoms with van der Waals surface area (Å²) in [5.74, 6) is 0.0379. The van der Waals surface area contributed by atoms with E-state index >= 15 is 0 Å². The van der Waals surface area contributed by atoms with Crippen molar-refractivity contribution in [1.82, 2.24) is 10.2 Å². The fourth-order valence-electron chi connectivity index (χ4n) is 2.79. The van der Waals surface area contributed by atoms with Crippen molar-refractivity contribution in [3.8, 4) is 0 Å². The van der Waals surface area contributed by atoms with E-state index in [2.05, 4.69) is 29.4 Å². The minimum absolute atomic E-state index is 0.0379. The Morgan fingerprint density at radius 1 is 1.33 bits per heavy atom. The average molecular weight is 289 g/mol. The third kappa shape index (κ3) is 4.46. The number of rotatable bonds is 7. The molecule has 0 unspecified atom stereocenters. The van der Waals surface area contributed by atoms with Gasteiger partial charge in [0.15, 0.2) is 0 Å². The van der Waals surface area contributed by atoms with Gasteiger partial charge in [-0.05, 0) is 56.1 Å². The predicted molar refractivity (Wildman–Crippen MR) is 88.0 cm³/mol. The van der Waals surface area contributed by atoms with E-state index in [-0.39, 0.29) is 5.91 Å². The van der Waals surface area contributed by atoms with Gasteiger partial charge < -0.3 is 15.5 Å². The van der Waals surface area contributed by atoms with Crippen LogP contribution < -0.4 is 10.6 Å². The number of nitrogens with one attached hydrogen (secondary N) is 2. The number of aryl methyl sites for hydroxylation is 1. The number of carbonyl (C=O) groups is 1. The summed E-state index contributed by atoms with van der Waals surface area (Å²) in [6.07, 6.45) is 3.35. The number of nitrogens with zero attached hydrogens (tertiary/aromatic N) is 1. The summed E-state index contributed by atoms with van der Waals surface area (Å²) in [7, 11) is 0. The van der Waals surface area contributed by atoms with E-state index in [0.29, 0.717) is 6.54 Å². The monoisotopic (exact) mass is 289 g/mol. The maximum atomic E-state index is 12.2. The summed E-state index contributed by atoms with van der Waals surface area (Å²) in [6.45, 7) is 9.13. The van der Waals surface area contributed by atoms with Crippen LogP contribution in [0.5, 0.6) is 0 Å². The van der Waals surface area contributed by atoms with E-state index in [1.165, 1.54) is 11.3 Å². The highest BCUT2D eigenvalue weighted by Gasteiger charge is 2.12. The van der Waals surface area contributed by atoms with Gasteiger partial charge in [-0.15, -0.1) is 0 Å². The molecule has 0 bridgehead atoms. The van der Waals surface area contributed by atoms with E-state index < -0.39 is 0 Å². The highest BCUT2D eigenvalue weighted by atomic mass is 16.1. The van der Waals surface area contributed by atoms with Crippen LogP contribution in [0.4, 0.5) is 5.69 Å². The van der Waals surface area contributed by atoms with Crippen LogP contribution in [0, 0.1) is 0 Å². The molecule has 0 saturated heterocycles. The van der Waals surface area contributed by atoms with Crippen LogP contribution in [0.25, 0.3) is 0 Å². The van der Waals surface area contributed by atoms with Gasteiger partial charge in [-0.2, -0.15) is 0 Å². The molecule has 1 aliphatic rings. The van der Waals surface area contributed by atoms with Crippen molar-refractivity contribution in [2.75, 3.05) is 38.0 Å². The summed E-state index contributed by atoms with van der Waals surface area (Å²) in [6, 6.07) is 5.97. The minimum Gasteiger partial charge on any atom is -0.385 e. The number of likely N-dealkylation sites (N-methyl/N-ethyl adjacent to an activating group) is 1. The van der Waals surface area contributed by atoms with Gasteiger partial charge in [0.1, 0.15) is 0 Å². The summed E-state index contributed by atoms with van der Waals surface area (Å²) in [5.41, 5.74) is 3.21. The molecule has 1 aromatic rings. The topological polar surface area (TPSA) is 44.4 Å². The molecule has 4 heteroatoms. The standard InChI is InChI=1S/C17H27N3O/c1-3-11-20(4-2)12-10-19-17(21)15-7-8-16-14(13-15)6-5-9-18-16/h7-8,13,18H,3-6,9-12H2,1-2H3,(H,19,21). The lowest BCUT2D eigenvalue weighted by Gasteiger charge is -2.20. The Balaban J connectivity index is 1.86. The van der Waals surface area contributed by atoms with Crippen LogP contribution in [0.3, 0.4) is 0 Å². The summed E-state index contributed by atoms with van der Waals surface area (Å²) >= 11 is 0. The van der Waals surface area contributed by atoms with Crippen LogP contribution >= 0.6 is 0 Å². The van der Waals surface area contributed by atoms with Crippen LogP contribution in [-0.2, 0) is 6.42 Å². The average Bonchev–Trinajstić information content (AvgIpc) is 2.53. The second kappa shape index (κ2) is 8.03. The molecule has 0 atom stereocenters. The van der Waals surface area contributed by atoms with Crippen molar-refractivity contribution in [2.45, 2.75) is 33.1 Å². The molecule has 0 saturated carbocycles. The van der Waals surface area contributed by atoms with E-state index in [9.17, 15) is 4.79 Å². The lowest BCUT2D eigenvalue weighted by Crippen LogP contribution is -2.35. The Kier molecular flexibility index (Phi) is 6.05. The van der Waals surface area contributed by atoms with E-state index in [1.54, 1.807) is 0 Å². The van der Waals surface area contributed by atoms with Gasteiger partial charge in [-0.3, -0.25) is 4.79 Å². The zero-order valence-electron chi connectivity index (χ0n) is 13.2. The lowest BCUT2D eigenvalue weighted by atomic mass is 10.0. The molecule has 1 amide bonds. The first-order chi connectivity index (χ1) is 10.2. The quantitative estimate of drug-likeness (QED) is 0.810. The molecule has 0 aliphatic carbocycles. The Labute approximate surface area is 127 Å². The number of fused-ring (bicyclic) bond motifs is 1. The highest BCUT2D eigenvalue weighted by Crippen LogP contribution is 2.22. The second-order valence-electron chi connectivity index (χ2n) is 5.59. The second-order valence-corrected chi connectivity index (χ2v) is 5.59. The van der Waals surface area contributed by atoms with Crippen LogP contribution in [0.15, 0.2) is 18.2 Å². The predicted octanol–water partition coefficient (Wildman–Crippen LogP) is 2.51. The van der Waals surface area contributed by atoms with Crippen LogP contribution in [-0.4, -0.2) is 43.5 Å². The number of carbonyl (C=O) groups excluding carboxylic acids is 1. The Bertz CT molecular complexity index is 473. The molecular formula is C17H27N3O. The summed E-state index contributed by atoms with van der Waals surface area (Å²) in [4.78, 5) is 14.6. The van der Waals surface area contributed by atoms with E-state index in [4.69, 9.17) is 0 Å². The van der Waals surface area contributed by atoms with Crippen molar-refractivity contribution < 1.29 is 4.79 Å². The van der Waals surface area contributed by atoms with Crippen molar-refractivity contribution in [3.63, 3.8) is 0 Å². The highest BCUT2D eigenvalue weighted by molar-refractivity contribution is 5.94. The van der Waals surface area contributed by atoms with Crippen molar-refractivity contribution >= 4 is 11.6 Å². The molecular weight excluding hydrogens is 262 g/mol. The molecule has 21 heavy (non-hydrogen) atoms. The molecule has 0 fully saturated rings. The van der Waals surface area contributed by atoms with Gasteiger partial charge in [0.2, 0.25) is 0 Å². The van der Waals surface area contributed by atoms with Crippen LogP contribution in [0.1, 0.15) is 42.6 Å². The van der Waals surface area contributed by atoms with E-state index in [1.807, 2.05) is 18.2 Å². The molecule has 0 aromatic heterocycles. The summed E-state index contributed by atoms with van der Waals surface area (Å²) < 4.78 is 0. The lowest BCUT2D eigenvalue weighted by molar-refractivity contribution is 0.0948. The zero-order valence-corrected chi connectivity index (χ0v) is 13.2. The SMILES string of the molecule is CCCN(CC)CCNC(=O)c1ccc2c(c1)CCCN2. The van der Waals surface area contributed by atoms with Gasteiger partial charge in [-0.25, -0.2) is 0 Å². The van der Waals surface area contributed by atoms with Gasteiger partial charge in [0, 0.05) is 30.9 Å². The minimum atomic E-state index is 0.0379. The fraction of sp³-hybridized carbons (Fsp3) is 0.588. The largest absolute Gasteiger partial charge is 0.385 e. The fourth-order valence-corrected chi connectivity index (χ4v) is 2.79. The van der Waals surface area contributed by atoms with Gasteiger partial charge in [0.05, 0.1) is 0 Å². The first-order valence-electron chi connectivity index (χ1n) is 8.12. The van der Waals surface area contributed by atoms with Crippen molar-refractivity contribution in [3.05, 3.63) is 29.3 Å². The molecule has 116 valence electrons. The molecule has 0 spiro atoms. The number of hydrogen-bond donors (Lipinski definition) is 2. The van der Waals surface area contributed by atoms with Crippen molar-refractivity contribution in [1.29, 1.82) is 0 Å². The Morgan fingerprint density at radius 2 is 2.19 bits per heavy atom. The molecule has 0 radical (unpaired) electrons. The van der Waals surface area contributed by atoms with Crippen molar-refractivity contribution in [2.24, 2.45) is 0 Å². The van der Waals surface area contributed by atoms with E-state index in [0.717, 1.165) is 51.0 Å². The smallest absolute Gasteiger partial charge is 0.251 e. The number of anilines is 1.